The third-order valence-electron chi connectivity index (χ3n) is 6.91. The van der Waals surface area contributed by atoms with Gasteiger partial charge in [-0.15, -0.1) is 0 Å². The third kappa shape index (κ3) is 4.14. The summed E-state index contributed by atoms with van der Waals surface area (Å²) in [6.07, 6.45) is 2.08. The maximum atomic E-state index is 6.49. The van der Waals surface area contributed by atoms with E-state index < -0.39 is 0 Å². The molecule has 0 unspecified atom stereocenters. The number of aromatic nitrogens is 2. The van der Waals surface area contributed by atoms with Crippen LogP contribution in [0.15, 0.2) is 71.3 Å². The van der Waals surface area contributed by atoms with E-state index >= 15 is 0 Å². The van der Waals surface area contributed by atoms with Crippen LogP contribution in [0.3, 0.4) is 0 Å². The van der Waals surface area contributed by atoms with Crippen molar-refractivity contribution in [3.63, 3.8) is 0 Å². The fourth-order valence-corrected chi connectivity index (χ4v) is 4.70. The van der Waals surface area contributed by atoms with E-state index in [1.807, 2.05) is 0 Å². The average Bonchev–Trinajstić information content (AvgIpc) is 3.16. The zero-order chi connectivity index (χ0) is 25.1. The summed E-state index contributed by atoms with van der Waals surface area (Å²) in [7, 11) is 2.08. The Balaban J connectivity index is 1.75. The molecule has 0 aliphatic rings. The number of aryl methyl sites for hydroxylation is 2. The van der Waals surface area contributed by atoms with Gasteiger partial charge in [0.05, 0.1) is 11.3 Å². The molecule has 0 saturated heterocycles. The number of furan rings is 1. The van der Waals surface area contributed by atoms with E-state index in [4.69, 9.17) is 9.40 Å². The molecule has 0 spiro atoms. The smallest absolute Gasteiger partial charge is 0.216 e. The van der Waals surface area contributed by atoms with Crippen LogP contribution < -0.4 is 4.57 Å². The van der Waals surface area contributed by atoms with E-state index in [1.54, 1.807) is 0 Å². The summed E-state index contributed by atoms with van der Waals surface area (Å²) in [4.78, 5) is 5.12. The molecule has 5 aromatic rings. The van der Waals surface area contributed by atoms with Crippen molar-refractivity contribution in [2.45, 2.75) is 59.3 Å². The van der Waals surface area contributed by atoms with Crippen LogP contribution in [-0.2, 0) is 17.9 Å². The van der Waals surface area contributed by atoms with Crippen molar-refractivity contribution in [1.29, 1.82) is 0 Å². The zero-order valence-corrected chi connectivity index (χ0v) is 22.2. The maximum absolute atomic E-state index is 6.49. The second kappa shape index (κ2) is 8.05. The summed E-state index contributed by atoms with van der Waals surface area (Å²) in [6, 6.07) is 21.7. The molecule has 2 aromatic carbocycles. The lowest BCUT2D eigenvalue weighted by Gasteiger charge is -2.25. The van der Waals surface area contributed by atoms with Gasteiger partial charge in [0, 0.05) is 39.6 Å². The van der Waals surface area contributed by atoms with Crippen LogP contribution in [0.5, 0.6) is 0 Å². The number of rotatable bonds is 2. The van der Waals surface area contributed by atoms with Gasteiger partial charge in [0.2, 0.25) is 5.69 Å². The van der Waals surface area contributed by atoms with Crippen LogP contribution in [-0.4, -0.2) is 4.98 Å². The Morgan fingerprint density at radius 2 is 1.57 bits per heavy atom. The molecule has 0 radical (unpaired) electrons. The molecule has 0 aliphatic carbocycles. The van der Waals surface area contributed by atoms with Crippen molar-refractivity contribution >= 4 is 21.9 Å². The average molecular weight is 464 g/mol. The minimum atomic E-state index is -0.0277. The highest BCUT2D eigenvalue weighted by molar-refractivity contribution is 6.10. The summed E-state index contributed by atoms with van der Waals surface area (Å²) >= 11 is 0. The van der Waals surface area contributed by atoms with Gasteiger partial charge in [-0.1, -0.05) is 53.7 Å². The predicted octanol–water partition coefficient (Wildman–Crippen LogP) is 8.04. The number of hydrogen-bond acceptors (Lipinski definition) is 2. The Labute approximate surface area is 208 Å². The molecule has 0 fully saturated rings. The van der Waals surface area contributed by atoms with E-state index in [0.717, 1.165) is 50.1 Å². The van der Waals surface area contributed by atoms with Crippen molar-refractivity contribution < 1.29 is 8.98 Å². The molecule has 0 saturated carbocycles. The molecule has 0 bridgehead atoms. The minimum Gasteiger partial charge on any atom is -0.455 e. The van der Waals surface area contributed by atoms with E-state index in [9.17, 15) is 0 Å². The first-order valence-electron chi connectivity index (χ1n) is 12.4. The number of hydrogen-bond donors (Lipinski definition) is 0. The van der Waals surface area contributed by atoms with Crippen LogP contribution in [0.25, 0.3) is 44.5 Å². The molecule has 3 nitrogen and oxygen atoms in total. The highest BCUT2D eigenvalue weighted by Crippen LogP contribution is 2.39. The summed E-state index contributed by atoms with van der Waals surface area (Å²) < 4.78 is 8.64. The van der Waals surface area contributed by atoms with Gasteiger partial charge < -0.3 is 4.42 Å². The maximum Gasteiger partial charge on any atom is 0.216 e. The van der Waals surface area contributed by atoms with Crippen LogP contribution in [0.2, 0.25) is 0 Å². The monoisotopic (exact) mass is 463 g/mol. The molecular formula is C32H35N2O+. The second-order valence-corrected chi connectivity index (χ2v) is 11.8. The molecular weight excluding hydrogens is 428 g/mol. The first-order valence-corrected chi connectivity index (χ1v) is 12.4. The number of nitrogens with zero attached hydrogens (tertiary/aromatic N) is 2. The summed E-state index contributed by atoms with van der Waals surface area (Å²) in [5.41, 5.74) is 9.89. The predicted molar refractivity (Wildman–Crippen MR) is 146 cm³/mol. The Morgan fingerprint density at radius 3 is 2.26 bits per heavy atom. The summed E-state index contributed by atoms with van der Waals surface area (Å²) in [6.45, 7) is 15.6. The largest absolute Gasteiger partial charge is 0.455 e. The standard InChI is InChI=1S/C32H35N2O/c1-20-12-14-23-24-17-21(25-18-22(31(2,3)4)19-28(33-25)32(5,6)7)13-15-27(24)35-30(23)29(20)26-11-9-10-16-34(26)8/h9-19H,1-8H3/q+1. The van der Waals surface area contributed by atoms with Gasteiger partial charge in [-0.2, -0.15) is 0 Å². The Bertz CT molecular complexity index is 1540. The highest BCUT2D eigenvalue weighted by atomic mass is 16.3. The molecule has 0 amide bonds. The second-order valence-electron chi connectivity index (χ2n) is 11.8. The van der Waals surface area contributed by atoms with Crippen molar-refractivity contribution in [2.75, 3.05) is 0 Å². The van der Waals surface area contributed by atoms with Gasteiger partial charge in [0.25, 0.3) is 0 Å². The minimum absolute atomic E-state index is 0.0277. The first kappa shape index (κ1) is 23.3. The molecule has 0 atom stereocenters. The first-order chi connectivity index (χ1) is 16.4. The van der Waals surface area contributed by atoms with Crippen LogP contribution in [0.1, 0.15) is 58.4 Å². The van der Waals surface area contributed by atoms with E-state index in [0.29, 0.717) is 0 Å². The van der Waals surface area contributed by atoms with Gasteiger partial charge >= 0.3 is 0 Å². The molecule has 0 aliphatic heterocycles. The topological polar surface area (TPSA) is 29.9 Å². The lowest BCUT2D eigenvalue weighted by atomic mass is 9.82. The van der Waals surface area contributed by atoms with Gasteiger partial charge in [-0.3, -0.25) is 4.98 Å². The van der Waals surface area contributed by atoms with E-state index in [-0.39, 0.29) is 10.8 Å². The van der Waals surface area contributed by atoms with Gasteiger partial charge in [0.15, 0.2) is 6.20 Å². The molecule has 5 rings (SSSR count). The Morgan fingerprint density at radius 1 is 0.800 bits per heavy atom. The van der Waals surface area contributed by atoms with Gasteiger partial charge in [0.1, 0.15) is 18.2 Å². The van der Waals surface area contributed by atoms with Gasteiger partial charge in [-0.05, 0) is 59.9 Å². The quantitative estimate of drug-likeness (QED) is 0.248. The number of fused-ring (bicyclic) bond motifs is 3. The Kier molecular flexibility index (Phi) is 5.36. The van der Waals surface area contributed by atoms with Gasteiger partial charge in [-0.25, -0.2) is 4.57 Å². The lowest BCUT2D eigenvalue weighted by molar-refractivity contribution is -0.660. The molecule has 178 valence electrons. The van der Waals surface area contributed by atoms with E-state index in [2.05, 4.69) is 127 Å². The van der Waals surface area contributed by atoms with E-state index in [1.165, 1.54) is 11.1 Å². The highest BCUT2D eigenvalue weighted by Gasteiger charge is 2.23. The van der Waals surface area contributed by atoms with Crippen molar-refractivity contribution in [3.8, 4) is 22.5 Å². The molecule has 3 aromatic heterocycles. The fraction of sp³-hybridized carbons (Fsp3) is 0.312. The lowest BCUT2D eigenvalue weighted by Crippen LogP contribution is -2.30. The summed E-state index contributed by atoms with van der Waals surface area (Å²) in [5.74, 6) is 0. The van der Waals surface area contributed by atoms with Crippen LogP contribution >= 0.6 is 0 Å². The summed E-state index contributed by atoms with van der Waals surface area (Å²) in [5, 5.41) is 2.26. The van der Waals surface area contributed by atoms with Crippen LogP contribution in [0.4, 0.5) is 0 Å². The molecule has 35 heavy (non-hydrogen) atoms. The SMILES string of the molecule is Cc1ccc2c(oc3ccc(-c4cc(C(C)(C)C)cc(C(C)(C)C)n4)cc32)c1-c1cccc[n+]1C. The third-order valence-corrected chi connectivity index (χ3v) is 6.91. The van der Waals surface area contributed by atoms with Crippen molar-refractivity contribution in [2.24, 2.45) is 7.05 Å². The molecule has 3 heteroatoms. The Hall–Kier alpha value is -3.46. The fourth-order valence-electron chi connectivity index (χ4n) is 4.70. The normalized spacial score (nSPS) is 12.6. The number of pyridine rings is 2. The van der Waals surface area contributed by atoms with Crippen molar-refractivity contribution in [1.82, 2.24) is 4.98 Å². The zero-order valence-electron chi connectivity index (χ0n) is 22.2. The molecule has 0 N–H and O–H groups in total. The van der Waals surface area contributed by atoms with Crippen molar-refractivity contribution in [3.05, 3.63) is 83.7 Å². The number of benzene rings is 2. The van der Waals surface area contributed by atoms with Crippen LogP contribution in [0, 0.1) is 6.92 Å². The molecule has 3 heterocycles.